The molecule has 0 saturated carbocycles. The molecule has 0 aliphatic rings. The van der Waals surface area contributed by atoms with E-state index >= 15 is 0 Å². The SMILES string of the molecule is CCOc1cccc(Nc2nnccc2C#N)c1. The number of benzene rings is 1. The van der Waals surface area contributed by atoms with Gasteiger partial charge in [-0.3, -0.25) is 0 Å². The van der Waals surface area contributed by atoms with Gasteiger partial charge in [0.25, 0.3) is 0 Å². The Bertz CT molecular complexity index is 577. The zero-order chi connectivity index (χ0) is 12.8. The summed E-state index contributed by atoms with van der Waals surface area (Å²) in [5.41, 5.74) is 1.25. The van der Waals surface area contributed by atoms with Crippen LogP contribution in [0.15, 0.2) is 36.5 Å². The highest BCUT2D eigenvalue weighted by Gasteiger charge is 2.04. The van der Waals surface area contributed by atoms with Crippen LogP contribution >= 0.6 is 0 Å². The maximum atomic E-state index is 8.95. The molecule has 0 saturated heterocycles. The molecule has 1 aromatic carbocycles. The monoisotopic (exact) mass is 240 g/mol. The van der Waals surface area contributed by atoms with Gasteiger partial charge in [0.05, 0.1) is 18.4 Å². The molecule has 0 atom stereocenters. The lowest BCUT2D eigenvalue weighted by Crippen LogP contribution is -1.99. The molecule has 0 fully saturated rings. The highest BCUT2D eigenvalue weighted by molar-refractivity contribution is 5.62. The molecule has 18 heavy (non-hydrogen) atoms. The molecule has 0 aliphatic heterocycles. The fourth-order valence-electron chi connectivity index (χ4n) is 1.48. The molecule has 1 aromatic heterocycles. The Kier molecular flexibility index (Phi) is 3.72. The van der Waals surface area contributed by atoms with E-state index in [0.29, 0.717) is 18.0 Å². The molecule has 0 radical (unpaired) electrons. The molecular formula is C13H12N4O. The molecule has 1 heterocycles. The summed E-state index contributed by atoms with van der Waals surface area (Å²) >= 11 is 0. The largest absolute Gasteiger partial charge is 0.494 e. The van der Waals surface area contributed by atoms with Crippen molar-refractivity contribution in [1.29, 1.82) is 5.26 Å². The predicted octanol–water partition coefficient (Wildman–Crippen LogP) is 2.49. The summed E-state index contributed by atoms with van der Waals surface area (Å²) < 4.78 is 5.40. The molecule has 0 amide bonds. The third kappa shape index (κ3) is 2.74. The van der Waals surface area contributed by atoms with Crippen LogP contribution in [0.5, 0.6) is 5.75 Å². The molecule has 0 bridgehead atoms. The van der Waals surface area contributed by atoms with Crippen molar-refractivity contribution in [3.8, 4) is 11.8 Å². The number of nitrogens with zero attached hydrogens (tertiary/aromatic N) is 3. The Morgan fingerprint density at radius 3 is 3.06 bits per heavy atom. The van der Waals surface area contributed by atoms with E-state index in [9.17, 15) is 0 Å². The first-order valence-electron chi connectivity index (χ1n) is 5.55. The summed E-state index contributed by atoms with van der Waals surface area (Å²) in [4.78, 5) is 0. The van der Waals surface area contributed by atoms with Crippen LogP contribution < -0.4 is 10.1 Å². The summed E-state index contributed by atoms with van der Waals surface area (Å²) in [6.45, 7) is 2.54. The first-order valence-corrected chi connectivity index (χ1v) is 5.55. The van der Waals surface area contributed by atoms with Crippen molar-refractivity contribution in [3.05, 3.63) is 42.1 Å². The zero-order valence-corrected chi connectivity index (χ0v) is 9.92. The van der Waals surface area contributed by atoms with Crippen LogP contribution in [0.1, 0.15) is 12.5 Å². The fourth-order valence-corrected chi connectivity index (χ4v) is 1.48. The number of rotatable bonds is 4. The minimum absolute atomic E-state index is 0.439. The maximum absolute atomic E-state index is 8.95. The van der Waals surface area contributed by atoms with E-state index in [4.69, 9.17) is 10.00 Å². The van der Waals surface area contributed by atoms with Crippen LogP contribution in [0.3, 0.4) is 0 Å². The van der Waals surface area contributed by atoms with Gasteiger partial charge in [-0.1, -0.05) is 6.07 Å². The molecular weight excluding hydrogens is 228 g/mol. The Morgan fingerprint density at radius 2 is 2.28 bits per heavy atom. The van der Waals surface area contributed by atoms with E-state index in [2.05, 4.69) is 21.6 Å². The Hall–Kier alpha value is -2.61. The van der Waals surface area contributed by atoms with Crippen molar-refractivity contribution >= 4 is 11.5 Å². The summed E-state index contributed by atoms with van der Waals surface area (Å²) in [5, 5.41) is 19.6. The second-order valence-electron chi connectivity index (χ2n) is 3.49. The predicted molar refractivity (Wildman–Crippen MR) is 67.6 cm³/mol. The molecule has 2 rings (SSSR count). The summed E-state index contributed by atoms with van der Waals surface area (Å²) in [6, 6.07) is 11.1. The van der Waals surface area contributed by atoms with E-state index in [0.717, 1.165) is 11.4 Å². The summed E-state index contributed by atoms with van der Waals surface area (Å²) in [5.74, 6) is 1.21. The van der Waals surface area contributed by atoms with E-state index in [1.54, 1.807) is 6.07 Å². The quantitative estimate of drug-likeness (QED) is 0.889. The molecule has 5 heteroatoms. The highest BCUT2D eigenvalue weighted by Crippen LogP contribution is 2.21. The number of anilines is 2. The second kappa shape index (κ2) is 5.64. The van der Waals surface area contributed by atoms with Crippen LogP contribution in [0.2, 0.25) is 0 Å². The Morgan fingerprint density at radius 1 is 1.39 bits per heavy atom. The average Bonchev–Trinajstić information content (AvgIpc) is 2.40. The van der Waals surface area contributed by atoms with Crippen molar-refractivity contribution in [2.24, 2.45) is 0 Å². The van der Waals surface area contributed by atoms with Gasteiger partial charge in [-0.05, 0) is 25.1 Å². The van der Waals surface area contributed by atoms with Gasteiger partial charge in [-0.25, -0.2) is 0 Å². The molecule has 1 N–H and O–H groups in total. The van der Waals surface area contributed by atoms with Crippen LogP contribution in [0, 0.1) is 11.3 Å². The number of hydrogen-bond acceptors (Lipinski definition) is 5. The molecule has 0 aliphatic carbocycles. The normalized spacial score (nSPS) is 9.56. The second-order valence-corrected chi connectivity index (χ2v) is 3.49. The van der Waals surface area contributed by atoms with Crippen molar-refractivity contribution in [1.82, 2.24) is 10.2 Å². The number of aromatic nitrogens is 2. The Labute approximate surface area is 105 Å². The van der Waals surface area contributed by atoms with Gasteiger partial charge in [-0.15, -0.1) is 5.10 Å². The van der Waals surface area contributed by atoms with Crippen molar-refractivity contribution < 1.29 is 4.74 Å². The zero-order valence-electron chi connectivity index (χ0n) is 9.92. The molecule has 0 unspecified atom stereocenters. The van der Waals surface area contributed by atoms with Crippen molar-refractivity contribution in [2.75, 3.05) is 11.9 Å². The summed E-state index contributed by atoms with van der Waals surface area (Å²) in [6.07, 6.45) is 1.49. The fraction of sp³-hybridized carbons (Fsp3) is 0.154. The lowest BCUT2D eigenvalue weighted by Gasteiger charge is -2.08. The van der Waals surface area contributed by atoms with Gasteiger partial charge in [0.1, 0.15) is 11.8 Å². The minimum Gasteiger partial charge on any atom is -0.494 e. The van der Waals surface area contributed by atoms with E-state index in [1.807, 2.05) is 31.2 Å². The van der Waals surface area contributed by atoms with Gasteiger partial charge in [-0.2, -0.15) is 10.4 Å². The van der Waals surface area contributed by atoms with Crippen molar-refractivity contribution in [3.63, 3.8) is 0 Å². The van der Waals surface area contributed by atoms with Gasteiger partial charge in [0, 0.05) is 11.8 Å². The topological polar surface area (TPSA) is 70.8 Å². The summed E-state index contributed by atoms with van der Waals surface area (Å²) in [7, 11) is 0. The lowest BCUT2D eigenvalue weighted by molar-refractivity contribution is 0.340. The molecule has 0 spiro atoms. The highest BCUT2D eigenvalue weighted by atomic mass is 16.5. The van der Waals surface area contributed by atoms with Crippen LogP contribution in [0.4, 0.5) is 11.5 Å². The standard InChI is InChI=1S/C13H12N4O/c1-2-18-12-5-3-4-11(8-12)16-13-10(9-14)6-7-15-17-13/h3-8H,2H2,1H3,(H,16,17). The molecule has 5 nitrogen and oxygen atoms in total. The number of hydrogen-bond donors (Lipinski definition) is 1. The third-order valence-corrected chi connectivity index (χ3v) is 2.25. The first kappa shape index (κ1) is 11.9. The van der Waals surface area contributed by atoms with Crippen LogP contribution in [-0.2, 0) is 0 Å². The van der Waals surface area contributed by atoms with Gasteiger partial charge >= 0.3 is 0 Å². The lowest BCUT2D eigenvalue weighted by atomic mass is 10.2. The van der Waals surface area contributed by atoms with E-state index in [1.165, 1.54) is 6.20 Å². The van der Waals surface area contributed by atoms with Gasteiger partial charge in [0.15, 0.2) is 5.82 Å². The van der Waals surface area contributed by atoms with E-state index < -0.39 is 0 Å². The maximum Gasteiger partial charge on any atom is 0.171 e. The smallest absolute Gasteiger partial charge is 0.171 e. The molecule has 2 aromatic rings. The van der Waals surface area contributed by atoms with E-state index in [-0.39, 0.29) is 0 Å². The Balaban J connectivity index is 2.23. The average molecular weight is 240 g/mol. The van der Waals surface area contributed by atoms with Crippen LogP contribution in [0.25, 0.3) is 0 Å². The number of nitrogens with one attached hydrogen (secondary N) is 1. The van der Waals surface area contributed by atoms with Crippen LogP contribution in [-0.4, -0.2) is 16.8 Å². The van der Waals surface area contributed by atoms with Gasteiger partial charge < -0.3 is 10.1 Å². The van der Waals surface area contributed by atoms with Crippen molar-refractivity contribution in [2.45, 2.75) is 6.92 Å². The minimum atomic E-state index is 0.439. The molecule has 90 valence electrons. The first-order chi connectivity index (χ1) is 8.83. The number of nitriles is 1. The number of ether oxygens (including phenoxy) is 1. The third-order valence-electron chi connectivity index (χ3n) is 2.25. The van der Waals surface area contributed by atoms with Gasteiger partial charge in [0.2, 0.25) is 0 Å².